The molecule has 0 aliphatic carbocycles. The van der Waals surface area contributed by atoms with Gasteiger partial charge >= 0.3 is 0 Å². The van der Waals surface area contributed by atoms with Crippen molar-refractivity contribution >= 4 is 5.91 Å². The molecule has 2 saturated heterocycles. The first-order valence-corrected chi connectivity index (χ1v) is 7.32. The number of carbonyl (C=O) groups excluding carboxylic acids is 1. The summed E-state index contributed by atoms with van der Waals surface area (Å²) in [5.41, 5.74) is -0.126. The molecule has 1 amide bonds. The Morgan fingerprint density at radius 2 is 2.33 bits per heavy atom. The quantitative estimate of drug-likeness (QED) is 0.783. The summed E-state index contributed by atoms with van der Waals surface area (Å²) in [5.74, 6) is 0.166. The van der Waals surface area contributed by atoms with E-state index in [0.29, 0.717) is 19.0 Å². The van der Waals surface area contributed by atoms with E-state index >= 15 is 0 Å². The Bertz CT molecular complexity index is 269. The molecule has 0 bridgehead atoms. The van der Waals surface area contributed by atoms with Crippen molar-refractivity contribution in [1.82, 2.24) is 10.6 Å². The van der Waals surface area contributed by atoms with Crippen molar-refractivity contribution in [1.29, 1.82) is 0 Å². The molecule has 0 aromatic heterocycles. The number of hydrogen-bond donors (Lipinski definition) is 2. The zero-order chi connectivity index (χ0) is 12.8. The molecule has 0 aromatic carbocycles. The third-order valence-electron chi connectivity index (χ3n) is 4.09. The van der Waals surface area contributed by atoms with E-state index in [4.69, 9.17) is 4.74 Å². The molecule has 2 aliphatic heterocycles. The van der Waals surface area contributed by atoms with Crippen LogP contribution in [-0.4, -0.2) is 37.2 Å². The second-order valence-corrected chi connectivity index (χ2v) is 5.86. The number of rotatable bonds is 5. The van der Waals surface area contributed by atoms with Crippen LogP contribution in [0.4, 0.5) is 0 Å². The second kappa shape index (κ2) is 6.53. The maximum Gasteiger partial charge on any atom is 0.220 e. The van der Waals surface area contributed by atoms with Crippen LogP contribution in [0.25, 0.3) is 0 Å². The van der Waals surface area contributed by atoms with Gasteiger partial charge in [-0.2, -0.15) is 0 Å². The van der Waals surface area contributed by atoms with Crippen LogP contribution in [0.1, 0.15) is 51.9 Å². The number of amides is 1. The SMILES string of the molecule is CC1(CNC(=O)CCC2CCCCN2)CCCO1. The highest BCUT2D eigenvalue weighted by Crippen LogP contribution is 2.23. The van der Waals surface area contributed by atoms with Gasteiger partial charge < -0.3 is 15.4 Å². The third kappa shape index (κ3) is 4.25. The molecule has 2 fully saturated rings. The lowest BCUT2D eigenvalue weighted by atomic mass is 10.00. The fraction of sp³-hybridized carbons (Fsp3) is 0.929. The maximum atomic E-state index is 11.8. The van der Waals surface area contributed by atoms with E-state index in [1.807, 2.05) is 0 Å². The highest BCUT2D eigenvalue weighted by Gasteiger charge is 2.29. The molecule has 2 heterocycles. The van der Waals surface area contributed by atoms with Gasteiger partial charge in [-0.3, -0.25) is 4.79 Å². The highest BCUT2D eigenvalue weighted by molar-refractivity contribution is 5.75. The molecular formula is C14H26N2O2. The Labute approximate surface area is 110 Å². The molecule has 0 saturated carbocycles. The highest BCUT2D eigenvalue weighted by atomic mass is 16.5. The summed E-state index contributed by atoms with van der Waals surface area (Å²) >= 11 is 0. The van der Waals surface area contributed by atoms with E-state index in [0.717, 1.165) is 32.4 Å². The molecule has 104 valence electrons. The molecule has 18 heavy (non-hydrogen) atoms. The summed E-state index contributed by atoms with van der Waals surface area (Å²) in [5, 5.41) is 6.49. The molecule has 4 heteroatoms. The van der Waals surface area contributed by atoms with Gasteiger partial charge in [0.2, 0.25) is 5.91 Å². The van der Waals surface area contributed by atoms with Crippen molar-refractivity contribution in [3.8, 4) is 0 Å². The van der Waals surface area contributed by atoms with Crippen LogP contribution in [0.15, 0.2) is 0 Å². The summed E-state index contributed by atoms with van der Waals surface area (Å²) in [4.78, 5) is 11.8. The molecule has 2 aliphatic rings. The normalized spacial score (nSPS) is 32.4. The summed E-state index contributed by atoms with van der Waals surface area (Å²) < 4.78 is 5.66. The van der Waals surface area contributed by atoms with E-state index in [1.165, 1.54) is 19.3 Å². The Hall–Kier alpha value is -0.610. The molecule has 0 radical (unpaired) electrons. The number of piperidine rings is 1. The van der Waals surface area contributed by atoms with Crippen LogP contribution in [0, 0.1) is 0 Å². The minimum absolute atomic E-state index is 0.126. The first kappa shape index (κ1) is 13.8. The lowest BCUT2D eigenvalue weighted by Crippen LogP contribution is -2.41. The van der Waals surface area contributed by atoms with E-state index in [2.05, 4.69) is 17.6 Å². The standard InChI is InChI=1S/C14H26N2O2/c1-14(8-4-10-18-14)11-16-13(17)7-6-12-5-2-3-9-15-12/h12,15H,2-11H2,1H3,(H,16,17). The van der Waals surface area contributed by atoms with Crippen molar-refractivity contribution in [2.24, 2.45) is 0 Å². The average Bonchev–Trinajstić information content (AvgIpc) is 2.83. The van der Waals surface area contributed by atoms with Gasteiger partial charge in [0, 0.05) is 25.6 Å². The second-order valence-electron chi connectivity index (χ2n) is 5.86. The van der Waals surface area contributed by atoms with Crippen molar-refractivity contribution in [2.45, 2.75) is 63.5 Å². The van der Waals surface area contributed by atoms with E-state index < -0.39 is 0 Å². The van der Waals surface area contributed by atoms with Crippen LogP contribution < -0.4 is 10.6 Å². The van der Waals surface area contributed by atoms with Crippen molar-refractivity contribution in [2.75, 3.05) is 19.7 Å². The molecular weight excluding hydrogens is 228 g/mol. The zero-order valence-electron chi connectivity index (χ0n) is 11.5. The number of carbonyl (C=O) groups is 1. The van der Waals surface area contributed by atoms with Gasteiger partial charge in [0.05, 0.1) is 5.60 Å². The van der Waals surface area contributed by atoms with E-state index in [9.17, 15) is 4.79 Å². The van der Waals surface area contributed by atoms with Crippen LogP contribution in [0.2, 0.25) is 0 Å². The largest absolute Gasteiger partial charge is 0.373 e. The monoisotopic (exact) mass is 254 g/mol. The molecule has 2 N–H and O–H groups in total. The van der Waals surface area contributed by atoms with Crippen LogP contribution in [-0.2, 0) is 9.53 Å². The maximum absolute atomic E-state index is 11.8. The summed E-state index contributed by atoms with van der Waals surface area (Å²) in [6.07, 6.45) is 7.55. The van der Waals surface area contributed by atoms with Crippen LogP contribution >= 0.6 is 0 Å². The molecule has 2 rings (SSSR count). The number of nitrogens with one attached hydrogen (secondary N) is 2. The Balaban J connectivity index is 1.59. The minimum Gasteiger partial charge on any atom is -0.373 e. The molecule has 2 unspecified atom stereocenters. The number of hydrogen-bond acceptors (Lipinski definition) is 3. The van der Waals surface area contributed by atoms with E-state index in [-0.39, 0.29) is 11.5 Å². The van der Waals surface area contributed by atoms with E-state index in [1.54, 1.807) is 0 Å². The topological polar surface area (TPSA) is 50.4 Å². The van der Waals surface area contributed by atoms with Gasteiger partial charge in [-0.15, -0.1) is 0 Å². The number of ether oxygens (including phenoxy) is 1. The first-order valence-electron chi connectivity index (χ1n) is 7.32. The Morgan fingerprint density at radius 3 is 3.00 bits per heavy atom. The molecule has 4 nitrogen and oxygen atoms in total. The fourth-order valence-electron chi connectivity index (χ4n) is 2.83. The Morgan fingerprint density at radius 1 is 1.44 bits per heavy atom. The van der Waals surface area contributed by atoms with Gasteiger partial charge in [-0.25, -0.2) is 0 Å². The predicted molar refractivity (Wildman–Crippen MR) is 71.5 cm³/mol. The lowest BCUT2D eigenvalue weighted by molar-refractivity contribution is -0.122. The molecule has 2 atom stereocenters. The first-order chi connectivity index (χ1) is 8.68. The zero-order valence-corrected chi connectivity index (χ0v) is 11.5. The molecule has 0 aromatic rings. The fourth-order valence-corrected chi connectivity index (χ4v) is 2.83. The van der Waals surface area contributed by atoms with Crippen molar-refractivity contribution < 1.29 is 9.53 Å². The van der Waals surface area contributed by atoms with Crippen molar-refractivity contribution in [3.05, 3.63) is 0 Å². The van der Waals surface area contributed by atoms with Gasteiger partial charge in [-0.1, -0.05) is 6.42 Å². The predicted octanol–water partition coefficient (Wildman–Crippen LogP) is 1.59. The Kier molecular flexibility index (Phi) is 5.01. The third-order valence-corrected chi connectivity index (χ3v) is 4.09. The van der Waals surface area contributed by atoms with Gasteiger partial charge in [0.15, 0.2) is 0 Å². The van der Waals surface area contributed by atoms with Gasteiger partial charge in [0.1, 0.15) is 0 Å². The van der Waals surface area contributed by atoms with Crippen molar-refractivity contribution in [3.63, 3.8) is 0 Å². The average molecular weight is 254 g/mol. The lowest BCUT2D eigenvalue weighted by Gasteiger charge is -2.25. The van der Waals surface area contributed by atoms with Crippen LogP contribution in [0.5, 0.6) is 0 Å². The summed E-state index contributed by atoms with van der Waals surface area (Å²) in [6.45, 7) is 4.68. The van der Waals surface area contributed by atoms with Crippen LogP contribution in [0.3, 0.4) is 0 Å². The molecule has 0 spiro atoms. The van der Waals surface area contributed by atoms with Gasteiger partial charge in [-0.05, 0) is 45.6 Å². The minimum atomic E-state index is -0.126. The summed E-state index contributed by atoms with van der Waals surface area (Å²) in [6, 6.07) is 0.544. The summed E-state index contributed by atoms with van der Waals surface area (Å²) in [7, 11) is 0. The van der Waals surface area contributed by atoms with Gasteiger partial charge in [0.25, 0.3) is 0 Å². The smallest absolute Gasteiger partial charge is 0.220 e.